The minimum absolute atomic E-state index is 0.394. The molecular formula is C16H25NO. The van der Waals surface area contributed by atoms with Crippen LogP contribution in [0.4, 0.5) is 0 Å². The fraction of sp³-hybridized carbons (Fsp3) is 0.625. The molecule has 2 nitrogen and oxygen atoms in total. The van der Waals surface area contributed by atoms with Gasteiger partial charge in [0.25, 0.3) is 0 Å². The van der Waals surface area contributed by atoms with E-state index in [1.54, 1.807) is 0 Å². The van der Waals surface area contributed by atoms with Crippen LogP contribution in [0.1, 0.15) is 37.8 Å². The second-order valence-electron chi connectivity index (χ2n) is 5.62. The number of ether oxygens (including phenoxy) is 1. The van der Waals surface area contributed by atoms with E-state index in [-0.39, 0.29) is 0 Å². The Bertz CT molecular complexity index is 367. The van der Waals surface area contributed by atoms with Crippen LogP contribution in [0, 0.1) is 6.92 Å². The van der Waals surface area contributed by atoms with Crippen molar-refractivity contribution in [1.82, 2.24) is 5.32 Å². The summed E-state index contributed by atoms with van der Waals surface area (Å²) in [5.74, 6) is 0. The van der Waals surface area contributed by atoms with Crippen LogP contribution in [-0.2, 0) is 11.2 Å². The summed E-state index contributed by atoms with van der Waals surface area (Å²) in [7, 11) is 0. The molecule has 2 heteroatoms. The first kappa shape index (κ1) is 13.6. The maximum Gasteiger partial charge on any atom is 0.0565 e. The van der Waals surface area contributed by atoms with E-state index in [1.807, 2.05) is 0 Å². The van der Waals surface area contributed by atoms with Crippen LogP contribution in [0.3, 0.4) is 0 Å². The molecule has 0 bridgehead atoms. The van der Waals surface area contributed by atoms with Crippen LogP contribution in [0.2, 0.25) is 0 Å². The monoisotopic (exact) mass is 247 g/mol. The van der Waals surface area contributed by atoms with Gasteiger partial charge in [-0.15, -0.1) is 0 Å². The van der Waals surface area contributed by atoms with Crippen molar-refractivity contribution in [3.05, 3.63) is 35.4 Å². The summed E-state index contributed by atoms with van der Waals surface area (Å²) >= 11 is 0. The normalized spacial score (nSPS) is 28.3. The van der Waals surface area contributed by atoms with E-state index in [2.05, 4.69) is 50.4 Å². The van der Waals surface area contributed by atoms with Gasteiger partial charge in [-0.3, -0.25) is 0 Å². The largest absolute Gasteiger partial charge is 0.375 e. The maximum atomic E-state index is 5.76. The zero-order valence-electron chi connectivity index (χ0n) is 11.8. The smallest absolute Gasteiger partial charge is 0.0565 e. The standard InChI is InChI=1S/C16H25NO/c1-12-5-4-6-15(9-12)7-8-17-16-10-13(2)18-14(3)11-16/h4-6,9,13-14,16-17H,7-8,10-11H2,1-3H3. The molecule has 1 saturated heterocycles. The van der Waals surface area contributed by atoms with Gasteiger partial charge in [-0.2, -0.15) is 0 Å². The number of aryl methyl sites for hydroxylation is 1. The van der Waals surface area contributed by atoms with E-state index in [0.717, 1.165) is 25.8 Å². The van der Waals surface area contributed by atoms with E-state index in [0.29, 0.717) is 18.2 Å². The van der Waals surface area contributed by atoms with E-state index in [9.17, 15) is 0 Å². The van der Waals surface area contributed by atoms with Gasteiger partial charge < -0.3 is 10.1 Å². The van der Waals surface area contributed by atoms with Crippen molar-refractivity contribution in [3.8, 4) is 0 Å². The third-order valence-electron chi connectivity index (χ3n) is 3.63. The van der Waals surface area contributed by atoms with Crippen molar-refractivity contribution in [2.24, 2.45) is 0 Å². The third-order valence-corrected chi connectivity index (χ3v) is 3.63. The number of hydrogen-bond donors (Lipinski definition) is 1. The summed E-state index contributed by atoms with van der Waals surface area (Å²) in [6, 6.07) is 9.40. The van der Waals surface area contributed by atoms with Crippen molar-refractivity contribution in [2.45, 2.75) is 58.3 Å². The molecule has 2 unspecified atom stereocenters. The minimum atomic E-state index is 0.394. The Hall–Kier alpha value is -0.860. The van der Waals surface area contributed by atoms with E-state index < -0.39 is 0 Å². The lowest BCUT2D eigenvalue weighted by Gasteiger charge is -2.32. The molecule has 0 saturated carbocycles. The first-order chi connectivity index (χ1) is 8.63. The molecule has 1 aromatic rings. The Morgan fingerprint density at radius 1 is 1.22 bits per heavy atom. The van der Waals surface area contributed by atoms with Gasteiger partial charge in [-0.25, -0.2) is 0 Å². The van der Waals surface area contributed by atoms with Gasteiger partial charge in [0.15, 0.2) is 0 Å². The van der Waals surface area contributed by atoms with Crippen molar-refractivity contribution in [3.63, 3.8) is 0 Å². The Balaban J connectivity index is 1.75. The fourth-order valence-corrected chi connectivity index (χ4v) is 2.86. The molecule has 1 fully saturated rings. The van der Waals surface area contributed by atoms with E-state index in [1.165, 1.54) is 11.1 Å². The van der Waals surface area contributed by atoms with E-state index in [4.69, 9.17) is 4.74 Å². The molecule has 1 aliphatic heterocycles. The highest BCUT2D eigenvalue weighted by atomic mass is 16.5. The second kappa shape index (κ2) is 6.35. The summed E-state index contributed by atoms with van der Waals surface area (Å²) in [5, 5.41) is 3.67. The molecule has 0 radical (unpaired) electrons. The van der Waals surface area contributed by atoms with Gasteiger partial charge in [0.05, 0.1) is 12.2 Å². The quantitative estimate of drug-likeness (QED) is 0.883. The number of rotatable bonds is 4. The zero-order valence-corrected chi connectivity index (χ0v) is 11.8. The molecule has 0 aliphatic carbocycles. The van der Waals surface area contributed by atoms with Gasteiger partial charge in [-0.05, 0) is 52.1 Å². The highest BCUT2D eigenvalue weighted by molar-refractivity contribution is 5.22. The van der Waals surface area contributed by atoms with Crippen LogP contribution < -0.4 is 5.32 Å². The fourth-order valence-electron chi connectivity index (χ4n) is 2.86. The Labute approximate surface area is 111 Å². The summed E-state index contributed by atoms with van der Waals surface area (Å²) < 4.78 is 5.76. The molecule has 1 heterocycles. The van der Waals surface area contributed by atoms with Crippen LogP contribution in [-0.4, -0.2) is 24.8 Å². The molecule has 0 aromatic heterocycles. The average Bonchev–Trinajstić information content (AvgIpc) is 2.27. The molecule has 1 aliphatic rings. The maximum absolute atomic E-state index is 5.76. The highest BCUT2D eigenvalue weighted by Crippen LogP contribution is 2.18. The van der Waals surface area contributed by atoms with Gasteiger partial charge in [0.1, 0.15) is 0 Å². The lowest BCUT2D eigenvalue weighted by molar-refractivity contribution is -0.0419. The lowest BCUT2D eigenvalue weighted by atomic mass is 9.99. The van der Waals surface area contributed by atoms with Crippen molar-refractivity contribution in [2.75, 3.05) is 6.54 Å². The highest BCUT2D eigenvalue weighted by Gasteiger charge is 2.23. The number of nitrogens with one attached hydrogen (secondary N) is 1. The number of benzene rings is 1. The third kappa shape index (κ3) is 4.11. The lowest BCUT2D eigenvalue weighted by Crippen LogP contribution is -2.41. The van der Waals surface area contributed by atoms with Crippen molar-refractivity contribution < 1.29 is 4.74 Å². The Morgan fingerprint density at radius 2 is 1.94 bits per heavy atom. The molecule has 0 spiro atoms. The molecule has 2 rings (SSSR count). The predicted molar refractivity (Wildman–Crippen MR) is 75.9 cm³/mol. The van der Waals surface area contributed by atoms with Crippen LogP contribution in [0.25, 0.3) is 0 Å². The first-order valence-corrected chi connectivity index (χ1v) is 7.08. The predicted octanol–water partition coefficient (Wildman–Crippen LogP) is 3.08. The summed E-state index contributed by atoms with van der Waals surface area (Å²) in [5.41, 5.74) is 2.77. The molecule has 0 amide bonds. The molecule has 18 heavy (non-hydrogen) atoms. The van der Waals surface area contributed by atoms with Crippen LogP contribution in [0.5, 0.6) is 0 Å². The van der Waals surface area contributed by atoms with Gasteiger partial charge in [0.2, 0.25) is 0 Å². The SMILES string of the molecule is Cc1cccc(CCNC2CC(C)OC(C)C2)c1. The summed E-state index contributed by atoms with van der Waals surface area (Å²) in [4.78, 5) is 0. The Kier molecular flexibility index (Phi) is 4.79. The van der Waals surface area contributed by atoms with Gasteiger partial charge in [0, 0.05) is 6.04 Å². The van der Waals surface area contributed by atoms with Crippen molar-refractivity contribution in [1.29, 1.82) is 0 Å². The molecule has 1 aromatic carbocycles. The molecule has 1 N–H and O–H groups in total. The van der Waals surface area contributed by atoms with E-state index >= 15 is 0 Å². The molecule has 2 atom stereocenters. The van der Waals surface area contributed by atoms with Gasteiger partial charge in [-0.1, -0.05) is 29.8 Å². The molecule has 100 valence electrons. The zero-order chi connectivity index (χ0) is 13.0. The second-order valence-corrected chi connectivity index (χ2v) is 5.62. The van der Waals surface area contributed by atoms with Crippen molar-refractivity contribution >= 4 is 0 Å². The van der Waals surface area contributed by atoms with Crippen LogP contribution >= 0.6 is 0 Å². The summed E-state index contributed by atoms with van der Waals surface area (Å²) in [6.45, 7) is 7.56. The van der Waals surface area contributed by atoms with Gasteiger partial charge >= 0.3 is 0 Å². The average molecular weight is 247 g/mol. The minimum Gasteiger partial charge on any atom is -0.375 e. The molecular weight excluding hydrogens is 222 g/mol. The summed E-state index contributed by atoms with van der Waals surface area (Å²) in [6.07, 6.45) is 4.17. The Morgan fingerprint density at radius 3 is 2.61 bits per heavy atom. The number of hydrogen-bond acceptors (Lipinski definition) is 2. The topological polar surface area (TPSA) is 21.3 Å². The van der Waals surface area contributed by atoms with Crippen LogP contribution in [0.15, 0.2) is 24.3 Å². The first-order valence-electron chi connectivity index (χ1n) is 7.08.